The van der Waals surface area contributed by atoms with Crippen molar-refractivity contribution in [2.45, 2.75) is 13.8 Å². The van der Waals surface area contributed by atoms with Gasteiger partial charge in [-0.3, -0.25) is 9.89 Å². The maximum atomic E-state index is 12.2. The minimum Gasteiger partial charge on any atom is -0.308 e. The molecule has 7 heteroatoms. The van der Waals surface area contributed by atoms with Gasteiger partial charge in [0.15, 0.2) is 5.65 Å². The fourth-order valence-corrected chi connectivity index (χ4v) is 3.18. The number of nitrogens with one attached hydrogen (secondary N) is 4. The van der Waals surface area contributed by atoms with Gasteiger partial charge in [0.25, 0.3) is 0 Å². The lowest BCUT2D eigenvalue weighted by molar-refractivity contribution is 0.262. The van der Waals surface area contributed by atoms with Crippen LogP contribution in [-0.2, 0) is 0 Å². The van der Waals surface area contributed by atoms with E-state index in [0.717, 1.165) is 33.5 Å². The number of aromatic amines is 2. The number of nitrogens with zero attached hydrogens (tertiary/aromatic N) is 1. The van der Waals surface area contributed by atoms with Crippen molar-refractivity contribution in [2.75, 3.05) is 10.6 Å². The van der Waals surface area contributed by atoms with Crippen LogP contribution >= 0.6 is 0 Å². The van der Waals surface area contributed by atoms with E-state index in [1.165, 1.54) is 0 Å². The van der Waals surface area contributed by atoms with Crippen LogP contribution in [0.3, 0.4) is 0 Å². The summed E-state index contributed by atoms with van der Waals surface area (Å²) in [6, 6.07) is 16.2. The molecule has 2 heterocycles. The van der Waals surface area contributed by atoms with Crippen LogP contribution in [-0.4, -0.2) is 21.2 Å². The van der Waals surface area contributed by atoms with E-state index < -0.39 is 0 Å². The molecule has 140 valence electrons. The van der Waals surface area contributed by atoms with Crippen LogP contribution in [0.2, 0.25) is 0 Å². The molecule has 2 aromatic carbocycles. The minimum absolute atomic E-state index is 0.214. The number of pyridine rings is 1. The molecule has 0 atom stereocenters. The average molecular weight is 373 g/mol. The Hall–Kier alpha value is -3.87. The Morgan fingerprint density at radius 3 is 2.46 bits per heavy atom. The Labute approximate surface area is 160 Å². The lowest BCUT2D eigenvalue weighted by Gasteiger charge is -2.09. The number of carbonyl (C=O) groups is 1. The quantitative estimate of drug-likeness (QED) is 0.433. The monoisotopic (exact) mass is 373 g/mol. The van der Waals surface area contributed by atoms with Gasteiger partial charge in [-0.2, -0.15) is 5.10 Å². The molecule has 0 aliphatic heterocycles. The molecule has 0 radical (unpaired) electrons. The lowest BCUT2D eigenvalue weighted by Crippen LogP contribution is -2.19. The highest BCUT2D eigenvalue weighted by atomic mass is 16.2. The highest BCUT2D eigenvalue weighted by Crippen LogP contribution is 2.28. The van der Waals surface area contributed by atoms with Crippen molar-refractivity contribution in [3.8, 4) is 11.1 Å². The standard InChI is InChI=1S/C21H19N5O2/c1-12-4-3-5-16(10-12)23-21(28)22-15-8-6-14(7-9-15)17-11-18(27)24-20-19(17)13(2)25-26-20/h3-11H,1-2H3,(H2,22,23,28)(H2,24,25,26,27). The fraction of sp³-hybridized carbons (Fsp3) is 0.0952. The maximum absolute atomic E-state index is 12.2. The van der Waals surface area contributed by atoms with Crippen LogP contribution in [0, 0.1) is 13.8 Å². The van der Waals surface area contributed by atoms with Crippen molar-refractivity contribution >= 4 is 28.4 Å². The third-order valence-electron chi connectivity index (χ3n) is 4.46. The Morgan fingerprint density at radius 1 is 0.964 bits per heavy atom. The van der Waals surface area contributed by atoms with Crippen molar-refractivity contribution in [1.29, 1.82) is 0 Å². The molecule has 0 unspecified atom stereocenters. The normalized spacial score (nSPS) is 10.8. The van der Waals surface area contributed by atoms with Crippen LogP contribution in [0.1, 0.15) is 11.3 Å². The second-order valence-corrected chi connectivity index (χ2v) is 6.65. The van der Waals surface area contributed by atoms with Crippen LogP contribution < -0.4 is 16.2 Å². The topological polar surface area (TPSA) is 103 Å². The molecule has 0 spiro atoms. The van der Waals surface area contributed by atoms with Crippen LogP contribution in [0.25, 0.3) is 22.2 Å². The van der Waals surface area contributed by atoms with Crippen molar-refractivity contribution in [3.05, 3.63) is 76.2 Å². The van der Waals surface area contributed by atoms with Gasteiger partial charge < -0.3 is 15.6 Å². The van der Waals surface area contributed by atoms with Crippen LogP contribution in [0.4, 0.5) is 16.2 Å². The largest absolute Gasteiger partial charge is 0.323 e. The minimum atomic E-state index is -0.317. The summed E-state index contributed by atoms with van der Waals surface area (Å²) in [7, 11) is 0. The third kappa shape index (κ3) is 3.50. The Kier molecular flexibility index (Phi) is 4.41. The van der Waals surface area contributed by atoms with E-state index in [4.69, 9.17) is 0 Å². The number of hydrogen-bond donors (Lipinski definition) is 4. The van der Waals surface area contributed by atoms with Gasteiger partial charge in [0.1, 0.15) is 0 Å². The predicted octanol–water partition coefficient (Wildman–Crippen LogP) is 4.18. The molecule has 4 aromatic rings. The van der Waals surface area contributed by atoms with Gasteiger partial charge in [0, 0.05) is 28.5 Å². The number of urea groups is 1. The van der Waals surface area contributed by atoms with Crippen molar-refractivity contribution < 1.29 is 4.79 Å². The van der Waals surface area contributed by atoms with Gasteiger partial charge in [-0.15, -0.1) is 0 Å². The van der Waals surface area contributed by atoms with Gasteiger partial charge in [0.2, 0.25) is 5.56 Å². The number of carbonyl (C=O) groups excluding carboxylic acids is 1. The molecule has 4 rings (SSSR count). The predicted molar refractivity (Wildman–Crippen MR) is 111 cm³/mol. The van der Waals surface area contributed by atoms with Crippen LogP contribution in [0.15, 0.2) is 59.4 Å². The zero-order valence-corrected chi connectivity index (χ0v) is 15.5. The van der Waals surface area contributed by atoms with E-state index in [-0.39, 0.29) is 11.6 Å². The molecule has 0 fully saturated rings. The molecule has 0 aliphatic rings. The number of H-pyrrole nitrogens is 2. The van der Waals surface area contributed by atoms with Gasteiger partial charge in [0.05, 0.1) is 0 Å². The molecular formula is C21H19N5O2. The molecule has 2 aromatic heterocycles. The van der Waals surface area contributed by atoms with E-state index in [1.54, 1.807) is 18.2 Å². The number of anilines is 2. The highest BCUT2D eigenvalue weighted by molar-refractivity contribution is 6.00. The van der Waals surface area contributed by atoms with Gasteiger partial charge in [-0.05, 0) is 54.8 Å². The van der Waals surface area contributed by atoms with E-state index in [9.17, 15) is 9.59 Å². The van der Waals surface area contributed by atoms with E-state index in [1.807, 2.05) is 50.2 Å². The SMILES string of the molecule is Cc1cccc(NC(=O)Nc2ccc(-c3cc(=O)[nH]c4n[nH]c(C)c34)cc2)c1. The van der Waals surface area contributed by atoms with Crippen molar-refractivity contribution in [2.24, 2.45) is 0 Å². The first kappa shape index (κ1) is 17.5. The first-order valence-electron chi connectivity index (χ1n) is 8.83. The highest BCUT2D eigenvalue weighted by Gasteiger charge is 2.11. The third-order valence-corrected chi connectivity index (χ3v) is 4.46. The molecule has 2 amide bonds. The number of aryl methyl sites for hydroxylation is 2. The number of aromatic nitrogens is 3. The molecule has 4 N–H and O–H groups in total. The Balaban J connectivity index is 1.55. The second-order valence-electron chi connectivity index (χ2n) is 6.65. The van der Waals surface area contributed by atoms with E-state index in [0.29, 0.717) is 11.3 Å². The molecule has 0 bridgehead atoms. The summed E-state index contributed by atoms with van der Waals surface area (Å²) >= 11 is 0. The molecule has 0 saturated carbocycles. The van der Waals surface area contributed by atoms with Crippen LogP contribution in [0.5, 0.6) is 0 Å². The summed E-state index contributed by atoms with van der Waals surface area (Å²) in [6.45, 7) is 3.87. The average Bonchev–Trinajstić information content (AvgIpc) is 3.02. The molecule has 0 saturated heterocycles. The van der Waals surface area contributed by atoms with E-state index >= 15 is 0 Å². The van der Waals surface area contributed by atoms with Crippen molar-refractivity contribution in [3.63, 3.8) is 0 Å². The number of hydrogen-bond acceptors (Lipinski definition) is 3. The number of rotatable bonds is 3. The first-order chi connectivity index (χ1) is 13.5. The van der Waals surface area contributed by atoms with Gasteiger partial charge in [-0.1, -0.05) is 24.3 Å². The summed E-state index contributed by atoms with van der Waals surface area (Å²) in [4.78, 5) is 26.8. The zero-order valence-electron chi connectivity index (χ0n) is 15.5. The number of amides is 2. The lowest BCUT2D eigenvalue weighted by atomic mass is 10.0. The van der Waals surface area contributed by atoms with E-state index in [2.05, 4.69) is 25.8 Å². The number of fused-ring (bicyclic) bond motifs is 1. The first-order valence-corrected chi connectivity index (χ1v) is 8.83. The molecule has 7 nitrogen and oxygen atoms in total. The summed E-state index contributed by atoms with van der Waals surface area (Å²) in [5.74, 6) is 0. The molecule has 28 heavy (non-hydrogen) atoms. The molecular weight excluding hydrogens is 354 g/mol. The summed E-state index contributed by atoms with van der Waals surface area (Å²) in [5.41, 5.74) is 5.30. The molecule has 0 aliphatic carbocycles. The number of benzene rings is 2. The zero-order chi connectivity index (χ0) is 19.7. The van der Waals surface area contributed by atoms with Crippen molar-refractivity contribution in [1.82, 2.24) is 15.2 Å². The summed E-state index contributed by atoms with van der Waals surface area (Å²) < 4.78 is 0. The van der Waals surface area contributed by atoms with Gasteiger partial charge >= 0.3 is 6.03 Å². The fourth-order valence-electron chi connectivity index (χ4n) is 3.18. The maximum Gasteiger partial charge on any atom is 0.323 e. The smallest absolute Gasteiger partial charge is 0.308 e. The second kappa shape index (κ2) is 7.03. The summed E-state index contributed by atoms with van der Waals surface area (Å²) in [5, 5.41) is 13.5. The summed E-state index contributed by atoms with van der Waals surface area (Å²) in [6.07, 6.45) is 0. The van der Waals surface area contributed by atoms with Gasteiger partial charge in [-0.25, -0.2) is 4.79 Å². The Morgan fingerprint density at radius 2 is 1.71 bits per heavy atom. The Bertz CT molecular complexity index is 1220.